The van der Waals surface area contributed by atoms with Crippen LogP contribution >= 0.6 is 0 Å². The largest absolute Gasteiger partial charge is 0.508 e. The van der Waals surface area contributed by atoms with Gasteiger partial charge in [0, 0.05) is 6.42 Å². The van der Waals surface area contributed by atoms with Crippen LogP contribution < -0.4 is 0 Å². The third-order valence-electron chi connectivity index (χ3n) is 4.31. The molecule has 0 aromatic carbocycles. The lowest BCUT2D eigenvalue weighted by molar-refractivity contribution is -0.140. The second-order valence-electron chi connectivity index (χ2n) is 7.91. The van der Waals surface area contributed by atoms with E-state index < -0.39 is 40.2 Å². The Kier molecular flexibility index (Phi) is 7.27. The summed E-state index contributed by atoms with van der Waals surface area (Å²) >= 11 is 0. The minimum absolute atomic E-state index is 0.0166. The molecule has 0 saturated carbocycles. The Morgan fingerprint density at radius 1 is 1.19 bits per heavy atom. The summed E-state index contributed by atoms with van der Waals surface area (Å²) in [7, 11) is 0. The quantitative estimate of drug-likeness (QED) is 0.392. The number of hydrogen-bond acceptors (Lipinski definition) is 5. The van der Waals surface area contributed by atoms with Crippen LogP contribution in [0.2, 0.25) is 0 Å². The van der Waals surface area contributed by atoms with Crippen LogP contribution in [0.25, 0.3) is 0 Å². The van der Waals surface area contributed by atoms with Gasteiger partial charge in [0.15, 0.2) is 23.0 Å². The van der Waals surface area contributed by atoms with Crippen molar-refractivity contribution in [3.63, 3.8) is 0 Å². The summed E-state index contributed by atoms with van der Waals surface area (Å²) in [6.07, 6.45) is 4.62. The lowest BCUT2D eigenvalue weighted by Gasteiger charge is -2.26. The van der Waals surface area contributed by atoms with Gasteiger partial charge in [0.25, 0.3) is 0 Å². The highest BCUT2D eigenvalue weighted by molar-refractivity contribution is 6.26. The van der Waals surface area contributed by atoms with Crippen LogP contribution in [0, 0.1) is 17.8 Å². The molecule has 0 saturated heterocycles. The molecule has 2 N–H and O–H groups in total. The number of rotatable bonds is 8. The first-order valence-corrected chi connectivity index (χ1v) is 9.02. The predicted octanol–water partition coefficient (Wildman–Crippen LogP) is 3.48. The molecule has 0 fully saturated rings. The number of aliphatic hydroxyl groups is 2. The number of hydrogen-bond donors (Lipinski definition) is 2. The van der Waals surface area contributed by atoms with Crippen molar-refractivity contribution in [2.24, 2.45) is 17.8 Å². The summed E-state index contributed by atoms with van der Waals surface area (Å²) in [5, 5.41) is 21.6. The summed E-state index contributed by atoms with van der Waals surface area (Å²) < 4.78 is 0. The minimum Gasteiger partial charge on any atom is -0.508 e. The molecule has 2 atom stereocenters. The molecular formula is C21H30O5. The molecule has 1 rings (SSSR count). The van der Waals surface area contributed by atoms with Gasteiger partial charge in [-0.3, -0.25) is 14.4 Å². The number of carbonyl (C=O) groups excluding carboxylic acids is 3. The lowest BCUT2D eigenvalue weighted by atomic mass is 9.82. The molecule has 0 spiro atoms. The Morgan fingerprint density at radius 3 is 2.23 bits per heavy atom. The first-order chi connectivity index (χ1) is 11.9. The molecule has 0 heterocycles. The summed E-state index contributed by atoms with van der Waals surface area (Å²) in [5.74, 6) is -3.95. The van der Waals surface area contributed by atoms with E-state index in [1.54, 1.807) is 12.2 Å². The van der Waals surface area contributed by atoms with Crippen LogP contribution in [-0.4, -0.2) is 33.2 Å². The van der Waals surface area contributed by atoms with Gasteiger partial charge in [-0.05, 0) is 38.2 Å². The number of aliphatic hydroxyl groups excluding tert-OH is 1. The molecule has 0 radical (unpaired) electrons. The molecular weight excluding hydrogens is 332 g/mol. The molecule has 26 heavy (non-hydrogen) atoms. The number of carbonyl (C=O) groups is 3. The monoisotopic (exact) mass is 362 g/mol. The standard InChI is InChI=1S/C21H30O5/c1-12(2)7-9-15-19(24)18(16(22)11-14(5)6)20(25)21(15,26)17(23)10-8-13(3)4/h7-8,10,13-15,25-26H,9,11H2,1-6H3/b10-8+. The Labute approximate surface area is 155 Å². The van der Waals surface area contributed by atoms with Crippen LogP contribution in [0.5, 0.6) is 0 Å². The highest BCUT2D eigenvalue weighted by Gasteiger charge is 2.58. The SMILES string of the molecule is CC(C)=CCC1C(=O)C(C(=O)CC(C)C)=C(O)C1(O)C(=O)/C=C/C(C)C. The zero-order valence-electron chi connectivity index (χ0n) is 16.5. The normalized spacial score (nSPS) is 23.4. The molecule has 0 aromatic heterocycles. The first kappa shape index (κ1) is 22.0. The van der Waals surface area contributed by atoms with E-state index in [2.05, 4.69) is 0 Å². The summed E-state index contributed by atoms with van der Waals surface area (Å²) in [6.45, 7) is 11.0. The molecule has 2 unspecified atom stereocenters. The van der Waals surface area contributed by atoms with E-state index in [0.717, 1.165) is 5.57 Å². The molecule has 0 aliphatic heterocycles. The fraction of sp³-hybridized carbons (Fsp3) is 0.571. The first-order valence-electron chi connectivity index (χ1n) is 9.02. The fourth-order valence-electron chi connectivity index (χ4n) is 2.91. The van der Waals surface area contributed by atoms with Gasteiger partial charge in [-0.2, -0.15) is 0 Å². The van der Waals surface area contributed by atoms with Crippen LogP contribution in [-0.2, 0) is 14.4 Å². The second-order valence-corrected chi connectivity index (χ2v) is 7.91. The van der Waals surface area contributed by atoms with Gasteiger partial charge in [0.05, 0.1) is 5.92 Å². The maximum Gasteiger partial charge on any atom is 0.195 e. The van der Waals surface area contributed by atoms with E-state index in [4.69, 9.17) is 0 Å². The van der Waals surface area contributed by atoms with Gasteiger partial charge in [-0.1, -0.05) is 45.4 Å². The van der Waals surface area contributed by atoms with Gasteiger partial charge in [0.1, 0.15) is 11.3 Å². The fourth-order valence-corrected chi connectivity index (χ4v) is 2.91. The number of ketones is 3. The van der Waals surface area contributed by atoms with Crippen molar-refractivity contribution in [3.05, 3.63) is 35.1 Å². The van der Waals surface area contributed by atoms with Crippen molar-refractivity contribution in [1.82, 2.24) is 0 Å². The maximum atomic E-state index is 12.8. The van der Waals surface area contributed by atoms with E-state index in [1.807, 2.05) is 41.5 Å². The average molecular weight is 362 g/mol. The molecule has 5 heteroatoms. The third kappa shape index (κ3) is 4.58. The lowest BCUT2D eigenvalue weighted by Crippen LogP contribution is -2.45. The highest BCUT2D eigenvalue weighted by atomic mass is 16.3. The topological polar surface area (TPSA) is 91.7 Å². The summed E-state index contributed by atoms with van der Waals surface area (Å²) in [5.41, 5.74) is -1.91. The molecule has 0 bridgehead atoms. The van der Waals surface area contributed by atoms with E-state index in [0.29, 0.717) is 0 Å². The maximum absolute atomic E-state index is 12.8. The number of allylic oxidation sites excluding steroid dienone is 4. The van der Waals surface area contributed by atoms with Gasteiger partial charge in [-0.15, -0.1) is 0 Å². The average Bonchev–Trinajstić information content (AvgIpc) is 2.69. The van der Waals surface area contributed by atoms with Crippen molar-refractivity contribution in [3.8, 4) is 0 Å². The Bertz CT molecular complexity index is 675. The number of Topliss-reactive ketones (excluding diaryl/α,β-unsaturated/α-hetero) is 2. The van der Waals surface area contributed by atoms with E-state index in [9.17, 15) is 24.6 Å². The molecule has 0 aromatic rings. The predicted molar refractivity (Wildman–Crippen MR) is 101 cm³/mol. The van der Waals surface area contributed by atoms with Gasteiger partial charge >= 0.3 is 0 Å². The van der Waals surface area contributed by atoms with E-state index in [-0.39, 0.29) is 24.7 Å². The summed E-state index contributed by atoms with van der Waals surface area (Å²) in [4.78, 5) is 37.9. The van der Waals surface area contributed by atoms with Crippen LogP contribution in [0.4, 0.5) is 0 Å². The Morgan fingerprint density at radius 2 is 1.77 bits per heavy atom. The van der Waals surface area contributed by atoms with Crippen molar-refractivity contribution in [2.45, 2.75) is 60.0 Å². The zero-order valence-corrected chi connectivity index (χ0v) is 16.5. The van der Waals surface area contributed by atoms with Crippen LogP contribution in [0.3, 0.4) is 0 Å². The summed E-state index contributed by atoms with van der Waals surface area (Å²) in [6, 6.07) is 0. The Balaban J connectivity index is 3.43. The minimum atomic E-state index is -2.39. The van der Waals surface area contributed by atoms with Gasteiger partial charge in [-0.25, -0.2) is 0 Å². The smallest absolute Gasteiger partial charge is 0.195 e. The van der Waals surface area contributed by atoms with Gasteiger partial charge in [0.2, 0.25) is 0 Å². The van der Waals surface area contributed by atoms with Crippen LogP contribution in [0.15, 0.2) is 35.1 Å². The second kappa shape index (κ2) is 8.58. The van der Waals surface area contributed by atoms with Crippen molar-refractivity contribution < 1.29 is 24.6 Å². The van der Waals surface area contributed by atoms with Crippen molar-refractivity contribution in [1.29, 1.82) is 0 Å². The van der Waals surface area contributed by atoms with Crippen molar-refractivity contribution >= 4 is 17.3 Å². The molecule has 0 amide bonds. The molecule has 1 aliphatic rings. The Hall–Kier alpha value is -2.01. The zero-order chi connectivity index (χ0) is 20.2. The molecule has 144 valence electrons. The van der Waals surface area contributed by atoms with Crippen molar-refractivity contribution in [2.75, 3.05) is 0 Å². The highest BCUT2D eigenvalue weighted by Crippen LogP contribution is 2.41. The van der Waals surface area contributed by atoms with E-state index in [1.165, 1.54) is 6.08 Å². The van der Waals surface area contributed by atoms with Gasteiger partial charge < -0.3 is 10.2 Å². The van der Waals surface area contributed by atoms with Crippen LogP contribution in [0.1, 0.15) is 54.4 Å². The third-order valence-corrected chi connectivity index (χ3v) is 4.31. The van der Waals surface area contributed by atoms with E-state index >= 15 is 0 Å². The molecule has 1 aliphatic carbocycles. The molecule has 5 nitrogen and oxygen atoms in total.